The van der Waals surface area contributed by atoms with Gasteiger partial charge in [0.25, 0.3) is 0 Å². The van der Waals surface area contributed by atoms with Gasteiger partial charge in [0, 0.05) is 29.8 Å². The second-order valence-corrected chi connectivity index (χ2v) is 7.07. The van der Waals surface area contributed by atoms with Crippen molar-refractivity contribution in [1.29, 1.82) is 0 Å². The summed E-state index contributed by atoms with van der Waals surface area (Å²) in [5.74, 6) is -1.06. The molecule has 6 nitrogen and oxygen atoms in total. The number of benzene rings is 1. The summed E-state index contributed by atoms with van der Waals surface area (Å²) in [6.45, 7) is 0.884. The van der Waals surface area contributed by atoms with Crippen LogP contribution in [0.15, 0.2) is 55.1 Å². The topological polar surface area (TPSA) is 84.0 Å². The number of allylic oxidation sites excluding steroid dienone is 1. The van der Waals surface area contributed by atoms with Gasteiger partial charge in [-0.15, -0.1) is 0 Å². The number of hydrogen-bond acceptors (Lipinski definition) is 5. The number of rotatable bonds is 4. The number of carbonyl (C=O) groups excluding carboxylic acids is 2. The minimum absolute atomic E-state index is 0.0768. The van der Waals surface area contributed by atoms with Gasteiger partial charge in [-0.05, 0) is 37.1 Å². The lowest BCUT2D eigenvalue weighted by Gasteiger charge is -2.45. The summed E-state index contributed by atoms with van der Waals surface area (Å²) in [6.07, 6.45) is 9.80. The lowest BCUT2D eigenvalue weighted by Crippen LogP contribution is -2.62. The van der Waals surface area contributed by atoms with Crippen LogP contribution in [0.5, 0.6) is 0 Å². The number of fused-ring (bicyclic) bond motifs is 1. The van der Waals surface area contributed by atoms with Crippen LogP contribution in [0.3, 0.4) is 0 Å². The van der Waals surface area contributed by atoms with Gasteiger partial charge in [-0.25, -0.2) is 9.97 Å². The van der Waals surface area contributed by atoms with E-state index in [1.54, 1.807) is 18.5 Å². The Morgan fingerprint density at radius 1 is 1.15 bits per heavy atom. The van der Waals surface area contributed by atoms with Crippen LogP contribution in [0.1, 0.15) is 29.9 Å². The number of amides is 1. The van der Waals surface area contributed by atoms with Crippen molar-refractivity contribution >= 4 is 17.8 Å². The van der Waals surface area contributed by atoms with Crippen molar-refractivity contribution in [1.82, 2.24) is 20.6 Å². The maximum absolute atomic E-state index is 13.0. The van der Waals surface area contributed by atoms with E-state index >= 15 is 0 Å². The third-order valence-electron chi connectivity index (χ3n) is 5.42. The molecule has 1 aromatic heterocycles. The van der Waals surface area contributed by atoms with Crippen LogP contribution in [-0.2, 0) is 9.59 Å². The van der Waals surface area contributed by atoms with Gasteiger partial charge in [-0.1, -0.05) is 30.3 Å². The van der Waals surface area contributed by atoms with E-state index in [4.69, 9.17) is 0 Å². The zero-order valence-corrected chi connectivity index (χ0v) is 14.9. The van der Waals surface area contributed by atoms with E-state index in [2.05, 4.69) is 20.6 Å². The van der Waals surface area contributed by atoms with E-state index in [1.165, 1.54) is 12.4 Å². The maximum atomic E-state index is 13.0. The molecule has 27 heavy (non-hydrogen) atoms. The first-order valence-corrected chi connectivity index (χ1v) is 9.29. The van der Waals surface area contributed by atoms with Crippen molar-refractivity contribution < 1.29 is 9.59 Å². The molecular weight excluding hydrogens is 340 g/mol. The highest BCUT2D eigenvalue weighted by molar-refractivity contribution is 6.09. The van der Waals surface area contributed by atoms with Crippen molar-refractivity contribution in [2.75, 3.05) is 6.54 Å². The molecule has 6 heteroatoms. The van der Waals surface area contributed by atoms with Crippen molar-refractivity contribution in [3.63, 3.8) is 0 Å². The fraction of sp³-hybridized carbons (Fsp3) is 0.333. The van der Waals surface area contributed by atoms with Crippen LogP contribution in [0.2, 0.25) is 0 Å². The first-order chi connectivity index (χ1) is 13.2. The molecule has 0 spiro atoms. The van der Waals surface area contributed by atoms with E-state index in [0.29, 0.717) is 0 Å². The summed E-state index contributed by atoms with van der Waals surface area (Å²) >= 11 is 0. The molecular formula is C21H22N4O2. The van der Waals surface area contributed by atoms with Crippen LogP contribution in [0.25, 0.3) is 6.08 Å². The molecule has 2 N–H and O–H groups in total. The van der Waals surface area contributed by atoms with Crippen molar-refractivity contribution in [3.05, 3.63) is 66.3 Å². The Kier molecular flexibility index (Phi) is 5.07. The molecule has 2 aromatic rings. The predicted molar refractivity (Wildman–Crippen MR) is 101 cm³/mol. The highest BCUT2D eigenvalue weighted by Crippen LogP contribution is 2.41. The highest BCUT2D eigenvalue weighted by atomic mass is 16.2. The standard InChI is InChI=1S/C21H22N4O2/c26-17(9-8-14-11-22-13-23-12-14)19-18(15-5-2-1-3-6-15)16-7-4-10-24-20(16)25-21(19)27/h1-3,5-6,8-9,11-13,16,18-20,24H,4,7,10H2,(H,25,27)/b9-8+. The van der Waals surface area contributed by atoms with Gasteiger partial charge in [0.15, 0.2) is 5.78 Å². The van der Waals surface area contributed by atoms with Crippen molar-refractivity contribution in [3.8, 4) is 0 Å². The van der Waals surface area contributed by atoms with Gasteiger partial charge in [-0.2, -0.15) is 0 Å². The first-order valence-electron chi connectivity index (χ1n) is 9.29. The summed E-state index contributed by atoms with van der Waals surface area (Å²) in [7, 11) is 0. The van der Waals surface area contributed by atoms with Gasteiger partial charge in [0.2, 0.25) is 5.91 Å². The van der Waals surface area contributed by atoms with Crippen molar-refractivity contribution in [2.45, 2.75) is 24.9 Å². The fourth-order valence-electron chi connectivity index (χ4n) is 4.21. The van der Waals surface area contributed by atoms with E-state index in [1.807, 2.05) is 30.3 Å². The van der Waals surface area contributed by atoms with Gasteiger partial charge < -0.3 is 5.32 Å². The SMILES string of the molecule is O=C(/C=C/c1cncnc1)C1C(=O)NC2NCCCC2C1c1ccccc1. The normalized spacial score (nSPS) is 27.8. The lowest BCUT2D eigenvalue weighted by atomic mass is 9.68. The summed E-state index contributed by atoms with van der Waals surface area (Å²) in [4.78, 5) is 33.8. The fourth-order valence-corrected chi connectivity index (χ4v) is 4.21. The third-order valence-corrected chi connectivity index (χ3v) is 5.42. The molecule has 138 valence electrons. The summed E-state index contributed by atoms with van der Waals surface area (Å²) < 4.78 is 0. The highest BCUT2D eigenvalue weighted by Gasteiger charge is 2.47. The minimum atomic E-state index is -0.727. The predicted octanol–water partition coefficient (Wildman–Crippen LogP) is 1.91. The largest absolute Gasteiger partial charge is 0.340 e. The quantitative estimate of drug-likeness (QED) is 0.641. The summed E-state index contributed by atoms with van der Waals surface area (Å²) in [6, 6.07) is 9.92. The molecule has 1 amide bonds. The molecule has 2 aliphatic heterocycles. The second kappa shape index (κ2) is 7.80. The van der Waals surface area contributed by atoms with Crippen LogP contribution in [0.4, 0.5) is 0 Å². The molecule has 1 aromatic carbocycles. The van der Waals surface area contributed by atoms with Crippen LogP contribution in [0, 0.1) is 11.8 Å². The molecule has 4 unspecified atom stereocenters. The van der Waals surface area contributed by atoms with E-state index in [0.717, 1.165) is 30.5 Å². The monoisotopic (exact) mass is 362 g/mol. The lowest BCUT2D eigenvalue weighted by molar-refractivity contribution is -0.138. The molecule has 0 radical (unpaired) electrons. The Labute approximate surface area is 158 Å². The molecule has 0 bridgehead atoms. The zero-order chi connectivity index (χ0) is 18.6. The smallest absolute Gasteiger partial charge is 0.232 e. The van der Waals surface area contributed by atoms with Crippen LogP contribution in [-0.4, -0.2) is 34.4 Å². The van der Waals surface area contributed by atoms with Gasteiger partial charge >= 0.3 is 0 Å². The molecule has 2 saturated heterocycles. The number of nitrogens with one attached hydrogen (secondary N) is 2. The Bertz CT molecular complexity index is 838. The van der Waals surface area contributed by atoms with Crippen molar-refractivity contribution in [2.24, 2.45) is 11.8 Å². The average molecular weight is 362 g/mol. The maximum Gasteiger partial charge on any atom is 0.232 e. The van der Waals surface area contributed by atoms with E-state index in [-0.39, 0.29) is 29.7 Å². The molecule has 0 saturated carbocycles. The zero-order valence-electron chi connectivity index (χ0n) is 14.9. The number of piperidine rings is 2. The molecule has 4 atom stereocenters. The number of nitrogens with zero attached hydrogens (tertiary/aromatic N) is 2. The van der Waals surface area contributed by atoms with Gasteiger partial charge in [0.1, 0.15) is 12.2 Å². The second-order valence-electron chi connectivity index (χ2n) is 7.07. The average Bonchev–Trinajstić information content (AvgIpc) is 2.72. The molecule has 4 rings (SSSR count). The third kappa shape index (κ3) is 3.66. The molecule has 2 fully saturated rings. The van der Waals surface area contributed by atoms with Crippen LogP contribution >= 0.6 is 0 Å². The molecule has 0 aliphatic carbocycles. The Morgan fingerprint density at radius 2 is 1.93 bits per heavy atom. The minimum Gasteiger partial charge on any atom is -0.340 e. The summed E-state index contributed by atoms with van der Waals surface area (Å²) in [5, 5.41) is 6.41. The van der Waals surface area contributed by atoms with Gasteiger partial charge in [-0.3, -0.25) is 14.9 Å². The number of carbonyl (C=O) groups is 2. The van der Waals surface area contributed by atoms with E-state index < -0.39 is 5.92 Å². The number of hydrogen-bond donors (Lipinski definition) is 2. The van der Waals surface area contributed by atoms with E-state index in [9.17, 15) is 9.59 Å². The summed E-state index contributed by atoms with van der Waals surface area (Å²) in [5.41, 5.74) is 1.77. The number of aromatic nitrogens is 2. The Hall–Kier alpha value is -2.86. The Morgan fingerprint density at radius 3 is 2.70 bits per heavy atom. The molecule has 2 aliphatic rings. The number of ketones is 1. The Balaban J connectivity index is 1.66. The van der Waals surface area contributed by atoms with Gasteiger partial charge in [0.05, 0.1) is 6.17 Å². The first kappa shape index (κ1) is 17.5. The molecule has 3 heterocycles. The van der Waals surface area contributed by atoms with Crippen LogP contribution < -0.4 is 10.6 Å².